The number of unbranched alkanes of at least 4 members (excludes halogenated alkanes) is 20. The summed E-state index contributed by atoms with van der Waals surface area (Å²) in [5, 5.41) is 56.9. The second kappa shape index (κ2) is 53.0. The highest BCUT2D eigenvalue weighted by Crippen LogP contribution is 2.26. The van der Waals surface area contributed by atoms with Gasteiger partial charge in [-0.05, 0) is 109 Å². The Morgan fingerprint density at radius 2 is 0.896 bits per heavy atom. The summed E-state index contributed by atoms with van der Waals surface area (Å²) in [4.78, 5) is 26.5. The van der Waals surface area contributed by atoms with Crippen LogP contribution in [0, 0.1) is 0 Å². The van der Waals surface area contributed by atoms with Crippen molar-refractivity contribution in [3.8, 4) is 0 Å². The molecule has 0 aromatic rings. The third kappa shape index (κ3) is 41.1. The maximum Gasteiger partial charge on any atom is 0.306 e. The van der Waals surface area contributed by atoms with E-state index in [-0.39, 0.29) is 19.4 Å². The minimum atomic E-state index is -1.65. The van der Waals surface area contributed by atoms with Crippen molar-refractivity contribution >= 4 is 11.9 Å². The predicted molar refractivity (Wildman–Crippen MR) is 319 cm³/mol. The Balaban J connectivity index is 2.78. The molecule has 0 aromatic carbocycles. The highest BCUT2D eigenvalue weighted by Gasteiger charge is 2.47. The Bertz CT molecular complexity index is 1660. The number of hydrogen-bond acceptors (Lipinski definition) is 10. The quantitative estimate of drug-likeness (QED) is 0.0195. The fraction of sp³-hybridized carbons (Fsp3) is 0.697. The van der Waals surface area contributed by atoms with E-state index in [2.05, 4.69) is 111 Å². The standard InChI is InChI=1S/C66H111NO10/c1-4-7-10-13-16-19-22-25-27-29-31-32-35-38-41-44-47-50-53-59(70)65(74)67-57(58(69)52-49-46-43-40-37-34-24-21-18-15-12-9-6-3)56-75-66-64(63(73)62(72)60(55-68)76-66)77-61(71)54-51-48-45-42-39-36-33-30-28-26-23-20-17-14-11-8-5-2/h16-17,19-20,25-28,31-33,36,38,41-42,45,49,52,57-60,62-64,66,68-70,72-73H,4-15,18,21-24,29-30,34-35,37,39-40,43-44,46-48,50-51,53-56H2,1-3H3,(H,67,74)/b19-16-,20-17-,27-25-,28-26-,32-31-,36-33-,41-38-,45-42-,52-49+. The van der Waals surface area contributed by atoms with Crippen LogP contribution < -0.4 is 5.32 Å². The molecule has 0 saturated carbocycles. The van der Waals surface area contributed by atoms with E-state index < -0.39 is 67.4 Å². The molecule has 1 fully saturated rings. The zero-order chi connectivity index (χ0) is 56.1. The molecule has 11 nitrogen and oxygen atoms in total. The summed E-state index contributed by atoms with van der Waals surface area (Å²) in [6.07, 6.45) is 61.2. The first-order chi connectivity index (χ1) is 37.7. The molecule has 8 atom stereocenters. The van der Waals surface area contributed by atoms with Crippen molar-refractivity contribution in [3.05, 3.63) is 109 Å². The third-order valence-corrected chi connectivity index (χ3v) is 13.6. The van der Waals surface area contributed by atoms with Gasteiger partial charge in [-0.1, -0.05) is 226 Å². The molecule has 1 rings (SSSR count). The molecule has 1 heterocycles. The molecule has 8 unspecified atom stereocenters. The van der Waals surface area contributed by atoms with Gasteiger partial charge in [0.25, 0.3) is 0 Å². The second-order valence-corrected chi connectivity index (χ2v) is 20.7. The summed E-state index contributed by atoms with van der Waals surface area (Å²) in [6.45, 7) is 5.67. The van der Waals surface area contributed by atoms with Crippen molar-refractivity contribution in [2.75, 3.05) is 13.2 Å². The van der Waals surface area contributed by atoms with Gasteiger partial charge < -0.3 is 45.1 Å². The molecule has 11 heteroatoms. The predicted octanol–water partition coefficient (Wildman–Crippen LogP) is 14.5. The first-order valence-electron chi connectivity index (χ1n) is 30.7. The highest BCUT2D eigenvalue weighted by molar-refractivity contribution is 5.80. The molecule has 440 valence electrons. The molecule has 6 N–H and O–H groups in total. The number of aliphatic hydroxyl groups is 5. The van der Waals surface area contributed by atoms with Crippen LogP contribution in [0.5, 0.6) is 0 Å². The number of amides is 1. The van der Waals surface area contributed by atoms with E-state index in [0.717, 1.165) is 89.9 Å². The van der Waals surface area contributed by atoms with Gasteiger partial charge >= 0.3 is 5.97 Å². The van der Waals surface area contributed by atoms with Gasteiger partial charge in [0.05, 0.1) is 25.4 Å². The topological polar surface area (TPSA) is 175 Å². The van der Waals surface area contributed by atoms with Crippen LogP contribution in [0.25, 0.3) is 0 Å². The smallest absolute Gasteiger partial charge is 0.306 e. The lowest BCUT2D eigenvalue weighted by atomic mass is 9.99. The summed E-state index contributed by atoms with van der Waals surface area (Å²) in [6, 6.07) is -1.06. The molecular weight excluding hydrogens is 967 g/mol. The van der Waals surface area contributed by atoms with E-state index in [0.29, 0.717) is 19.3 Å². The lowest BCUT2D eigenvalue weighted by Crippen LogP contribution is -2.61. The van der Waals surface area contributed by atoms with Crippen molar-refractivity contribution in [1.29, 1.82) is 0 Å². The number of carbonyl (C=O) groups excluding carboxylic acids is 2. The van der Waals surface area contributed by atoms with Crippen LogP contribution in [-0.2, 0) is 23.8 Å². The molecule has 1 amide bonds. The molecule has 0 bridgehead atoms. The van der Waals surface area contributed by atoms with Crippen LogP contribution in [0.4, 0.5) is 0 Å². The highest BCUT2D eigenvalue weighted by atomic mass is 16.7. The third-order valence-electron chi connectivity index (χ3n) is 13.6. The maximum absolute atomic E-state index is 13.4. The van der Waals surface area contributed by atoms with E-state index in [4.69, 9.17) is 14.2 Å². The Labute approximate surface area is 468 Å². The number of rotatable bonds is 50. The zero-order valence-corrected chi connectivity index (χ0v) is 48.5. The van der Waals surface area contributed by atoms with E-state index in [1.165, 1.54) is 89.9 Å². The second-order valence-electron chi connectivity index (χ2n) is 20.7. The minimum Gasteiger partial charge on any atom is -0.454 e. The SMILES string of the molecule is CCCCC/C=C\C/C=C\C/C=C\C/C=C\CCCCC(O)C(=O)NC(COC1OC(CO)C(O)C(O)C1OC(=O)CCC/C=C\C/C=C\C/C=C\C/C=C\CCCCC)C(O)/C=C/CCCCCCCCCCCCC. The summed E-state index contributed by atoms with van der Waals surface area (Å²) in [7, 11) is 0. The summed E-state index contributed by atoms with van der Waals surface area (Å²) in [5.41, 5.74) is 0. The van der Waals surface area contributed by atoms with Crippen LogP contribution in [0.1, 0.15) is 233 Å². The van der Waals surface area contributed by atoms with E-state index >= 15 is 0 Å². The number of carbonyl (C=O) groups is 2. The van der Waals surface area contributed by atoms with Gasteiger partial charge in [-0.3, -0.25) is 9.59 Å². The molecule has 0 aliphatic carbocycles. The van der Waals surface area contributed by atoms with Gasteiger partial charge in [0.2, 0.25) is 5.91 Å². The average molecular weight is 1080 g/mol. The summed E-state index contributed by atoms with van der Waals surface area (Å²) < 4.78 is 17.5. The average Bonchev–Trinajstić information content (AvgIpc) is 3.43. The van der Waals surface area contributed by atoms with E-state index in [1.807, 2.05) is 18.2 Å². The fourth-order valence-corrected chi connectivity index (χ4v) is 8.74. The first-order valence-corrected chi connectivity index (χ1v) is 30.7. The number of ether oxygens (including phenoxy) is 3. The number of nitrogens with one attached hydrogen (secondary N) is 1. The first kappa shape index (κ1) is 71.3. The maximum atomic E-state index is 13.4. The fourth-order valence-electron chi connectivity index (χ4n) is 8.74. The van der Waals surface area contributed by atoms with Gasteiger partial charge in [0, 0.05) is 6.42 Å². The molecule has 0 spiro atoms. The number of hydrogen-bond donors (Lipinski definition) is 6. The summed E-state index contributed by atoms with van der Waals surface area (Å²) in [5.74, 6) is -1.29. The monoisotopic (exact) mass is 1080 g/mol. The van der Waals surface area contributed by atoms with Crippen LogP contribution in [0.15, 0.2) is 109 Å². The Morgan fingerprint density at radius 3 is 1.36 bits per heavy atom. The van der Waals surface area contributed by atoms with Gasteiger partial charge in [-0.25, -0.2) is 0 Å². The molecule has 77 heavy (non-hydrogen) atoms. The molecule has 1 saturated heterocycles. The molecule has 0 aromatic heterocycles. The lowest BCUT2D eigenvalue weighted by Gasteiger charge is -2.41. The normalized spacial score (nSPS) is 19.8. The van der Waals surface area contributed by atoms with Crippen molar-refractivity contribution in [2.45, 2.75) is 282 Å². The van der Waals surface area contributed by atoms with Gasteiger partial charge in [0.1, 0.15) is 24.4 Å². The Morgan fingerprint density at radius 1 is 0.506 bits per heavy atom. The van der Waals surface area contributed by atoms with E-state index in [1.54, 1.807) is 6.08 Å². The van der Waals surface area contributed by atoms with Gasteiger partial charge in [-0.15, -0.1) is 0 Å². The minimum absolute atomic E-state index is 0.0379. The van der Waals surface area contributed by atoms with E-state index in [9.17, 15) is 35.1 Å². The number of aliphatic hydroxyl groups excluding tert-OH is 5. The van der Waals surface area contributed by atoms with Crippen molar-refractivity contribution in [3.63, 3.8) is 0 Å². The summed E-state index contributed by atoms with van der Waals surface area (Å²) >= 11 is 0. The van der Waals surface area contributed by atoms with Crippen LogP contribution >= 0.6 is 0 Å². The van der Waals surface area contributed by atoms with Crippen LogP contribution in [0.2, 0.25) is 0 Å². The Kier molecular flexibility index (Phi) is 49.1. The molecule has 1 aliphatic rings. The lowest BCUT2D eigenvalue weighted by molar-refractivity contribution is -0.305. The Hall–Kier alpha value is -3.68. The zero-order valence-electron chi connectivity index (χ0n) is 48.5. The van der Waals surface area contributed by atoms with Gasteiger partial charge in [0.15, 0.2) is 12.4 Å². The molecule has 1 aliphatic heterocycles. The molecule has 0 radical (unpaired) electrons. The largest absolute Gasteiger partial charge is 0.454 e. The number of allylic oxidation sites excluding steroid dienone is 17. The number of esters is 1. The van der Waals surface area contributed by atoms with Crippen LogP contribution in [-0.4, -0.2) is 99.6 Å². The van der Waals surface area contributed by atoms with Crippen molar-refractivity contribution in [2.24, 2.45) is 0 Å². The van der Waals surface area contributed by atoms with Gasteiger partial charge in [-0.2, -0.15) is 0 Å². The molecular formula is C66H111NO10. The van der Waals surface area contributed by atoms with Crippen molar-refractivity contribution < 1.29 is 49.3 Å². The van der Waals surface area contributed by atoms with Crippen molar-refractivity contribution in [1.82, 2.24) is 5.32 Å². The van der Waals surface area contributed by atoms with Crippen LogP contribution in [0.3, 0.4) is 0 Å².